The van der Waals surface area contributed by atoms with Crippen molar-refractivity contribution in [3.63, 3.8) is 0 Å². The van der Waals surface area contributed by atoms with E-state index in [1.165, 1.54) is 7.11 Å². The molecule has 260 valence electrons. The lowest BCUT2D eigenvalue weighted by atomic mass is 9.81. The Morgan fingerprint density at radius 3 is 2.21 bits per heavy atom. The third kappa shape index (κ3) is 11.9. The Morgan fingerprint density at radius 1 is 0.957 bits per heavy atom. The van der Waals surface area contributed by atoms with E-state index in [0.717, 1.165) is 18.4 Å². The van der Waals surface area contributed by atoms with E-state index in [-0.39, 0.29) is 30.2 Å². The zero-order valence-electron chi connectivity index (χ0n) is 28.9. The van der Waals surface area contributed by atoms with Crippen molar-refractivity contribution in [2.75, 3.05) is 13.7 Å². The minimum Gasteiger partial charge on any atom is -0.488 e. The third-order valence-corrected chi connectivity index (χ3v) is 8.07. The molecule has 1 heterocycles. The van der Waals surface area contributed by atoms with Gasteiger partial charge in [0.25, 0.3) is 5.91 Å². The van der Waals surface area contributed by atoms with Crippen LogP contribution in [0, 0.1) is 5.41 Å². The zero-order valence-corrected chi connectivity index (χ0v) is 28.9. The van der Waals surface area contributed by atoms with Crippen LogP contribution in [0.1, 0.15) is 98.5 Å². The maximum atomic E-state index is 13.7. The topological polar surface area (TPSA) is 161 Å². The van der Waals surface area contributed by atoms with Gasteiger partial charge < -0.3 is 35.5 Å². The summed E-state index contributed by atoms with van der Waals surface area (Å²) >= 11 is 0. The molecule has 12 nitrogen and oxygen atoms in total. The van der Waals surface area contributed by atoms with Crippen LogP contribution in [0.5, 0.6) is 5.75 Å². The molecule has 1 fully saturated rings. The number of methoxy groups -OCH3 is 1. The number of rotatable bonds is 7. The number of alkyl carbamates (subject to hydrolysis) is 1. The lowest BCUT2D eigenvalue weighted by molar-refractivity contribution is -0.147. The molecule has 47 heavy (non-hydrogen) atoms. The number of allylic oxidation sites excluding steroid dienone is 1. The molecule has 1 aliphatic carbocycles. The number of amides is 4. The van der Waals surface area contributed by atoms with Gasteiger partial charge in [-0.2, -0.15) is 0 Å². The number of benzene rings is 1. The van der Waals surface area contributed by atoms with Gasteiger partial charge >= 0.3 is 12.1 Å². The van der Waals surface area contributed by atoms with Crippen LogP contribution in [0.3, 0.4) is 0 Å². The first kappa shape index (κ1) is 37.4. The predicted octanol–water partition coefficient (Wildman–Crippen LogP) is 4.21. The third-order valence-electron chi connectivity index (χ3n) is 8.07. The molecule has 0 bridgehead atoms. The first-order valence-electron chi connectivity index (χ1n) is 16.5. The molecule has 12 heteroatoms. The van der Waals surface area contributed by atoms with Gasteiger partial charge in [-0.25, -0.2) is 9.59 Å². The van der Waals surface area contributed by atoms with E-state index >= 15 is 0 Å². The van der Waals surface area contributed by atoms with Gasteiger partial charge in [-0.15, -0.1) is 0 Å². The summed E-state index contributed by atoms with van der Waals surface area (Å²) in [6.45, 7) is 11.2. The summed E-state index contributed by atoms with van der Waals surface area (Å²) < 4.78 is 16.3. The van der Waals surface area contributed by atoms with Gasteiger partial charge in [-0.3, -0.25) is 14.4 Å². The number of esters is 1. The predicted molar refractivity (Wildman–Crippen MR) is 176 cm³/mol. The van der Waals surface area contributed by atoms with Gasteiger partial charge in [0.05, 0.1) is 12.5 Å². The smallest absolute Gasteiger partial charge is 0.408 e. The van der Waals surface area contributed by atoms with E-state index in [4.69, 9.17) is 14.2 Å². The summed E-state index contributed by atoms with van der Waals surface area (Å²) in [6, 6.07) is 5.33. The van der Waals surface area contributed by atoms with Gasteiger partial charge in [-0.1, -0.05) is 31.1 Å². The molecule has 4 N–H and O–H groups in total. The minimum absolute atomic E-state index is 0.0218. The molecule has 0 saturated heterocycles. The zero-order chi connectivity index (χ0) is 34.8. The molecule has 1 aliphatic heterocycles. The second-order valence-corrected chi connectivity index (χ2v) is 14.3. The second kappa shape index (κ2) is 16.1. The summed E-state index contributed by atoms with van der Waals surface area (Å²) in [5.74, 6) is -1.17. The van der Waals surface area contributed by atoms with Crippen LogP contribution in [0.4, 0.5) is 4.79 Å². The van der Waals surface area contributed by atoms with Crippen LogP contribution >= 0.6 is 0 Å². The summed E-state index contributed by atoms with van der Waals surface area (Å²) in [6.07, 6.45) is 5.46. The van der Waals surface area contributed by atoms with Crippen LogP contribution < -0.4 is 26.0 Å². The highest BCUT2D eigenvalue weighted by atomic mass is 16.6. The molecule has 3 rings (SSSR count). The number of ether oxygens (including phenoxy) is 3. The Balaban J connectivity index is 1.83. The molecule has 1 aromatic carbocycles. The fraction of sp³-hybridized carbons (Fsp3) is 0.629. The standard InChI is InChI=1S/C35H52N4O8/c1-33(2,3)46-24-16-14-23(15-17-24)22-27(39-32(44)47-34(4,5)6)29(41)37-25-12-8-9-13-26(30(42)45-7)38-31(43)35(18-10-11-19-35)20-21-36-28(25)40/h12,14-17,26-27H,8-11,13,18-22H2,1-7H3,(H,36,40)(H,37,41)(H,38,43)(H,39,44)/b25-12+/t26?,27-/m0/s1. The Kier molecular flexibility index (Phi) is 12.8. The Morgan fingerprint density at radius 2 is 1.62 bits per heavy atom. The highest BCUT2D eigenvalue weighted by molar-refractivity contribution is 5.99. The van der Waals surface area contributed by atoms with Crippen molar-refractivity contribution in [3.8, 4) is 5.75 Å². The largest absolute Gasteiger partial charge is 0.488 e. The molecule has 0 aromatic heterocycles. The van der Waals surface area contributed by atoms with E-state index in [1.807, 2.05) is 32.9 Å². The van der Waals surface area contributed by atoms with Gasteiger partial charge in [0, 0.05) is 13.0 Å². The van der Waals surface area contributed by atoms with Crippen LogP contribution in [-0.4, -0.2) is 66.7 Å². The Bertz CT molecular complexity index is 1300. The fourth-order valence-corrected chi connectivity index (χ4v) is 5.79. The average Bonchev–Trinajstić information content (AvgIpc) is 3.46. The number of nitrogens with one attached hydrogen (secondary N) is 4. The number of hydrogen-bond donors (Lipinski definition) is 4. The first-order valence-corrected chi connectivity index (χ1v) is 16.5. The van der Waals surface area contributed by atoms with Gasteiger partial charge in [-0.05, 0) is 97.8 Å². The molecular formula is C35H52N4O8. The summed E-state index contributed by atoms with van der Waals surface area (Å²) in [5.41, 5.74) is -1.10. The summed E-state index contributed by atoms with van der Waals surface area (Å²) in [7, 11) is 1.28. The van der Waals surface area contributed by atoms with Gasteiger partial charge in [0.2, 0.25) is 11.8 Å². The van der Waals surface area contributed by atoms with Crippen molar-refractivity contribution in [2.45, 2.75) is 123 Å². The van der Waals surface area contributed by atoms with Crippen LogP contribution in [0.25, 0.3) is 0 Å². The maximum absolute atomic E-state index is 13.7. The Hall–Kier alpha value is -4.09. The Labute approximate surface area is 278 Å². The average molecular weight is 657 g/mol. The van der Waals surface area contributed by atoms with Crippen molar-refractivity contribution in [1.29, 1.82) is 0 Å². The van der Waals surface area contributed by atoms with Crippen molar-refractivity contribution < 1.29 is 38.2 Å². The van der Waals surface area contributed by atoms with Crippen LogP contribution in [0.2, 0.25) is 0 Å². The van der Waals surface area contributed by atoms with Gasteiger partial charge in [0.1, 0.15) is 34.7 Å². The van der Waals surface area contributed by atoms with E-state index in [2.05, 4.69) is 21.3 Å². The van der Waals surface area contributed by atoms with Crippen LogP contribution in [0.15, 0.2) is 36.0 Å². The van der Waals surface area contributed by atoms with Crippen molar-refractivity contribution in [2.24, 2.45) is 5.41 Å². The van der Waals surface area contributed by atoms with Crippen molar-refractivity contribution >= 4 is 29.8 Å². The molecule has 2 aliphatic rings. The van der Waals surface area contributed by atoms with E-state index in [9.17, 15) is 24.0 Å². The lowest BCUT2D eigenvalue weighted by Crippen LogP contribution is -2.50. The van der Waals surface area contributed by atoms with Crippen LogP contribution in [-0.2, 0) is 35.1 Å². The highest BCUT2D eigenvalue weighted by Crippen LogP contribution is 2.41. The fourth-order valence-electron chi connectivity index (χ4n) is 5.79. The molecule has 1 saturated carbocycles. The number of hydrogen-bond acceptors (Lipinski definition) is 8. The lowest BCUT2D eigenvalue weighted by Gasteiger charge is -2.29. The molecule has 1 spiro atoms. The van der Waals surface area contributed by atoms with Crippen molar-refractivity contribution in [3.05, 3.63) is 41.6 Å². The number of carbonyl (C=O) groups is 5. The molecule has 0 radical (unpaired) electrons. The summed E-state index contributed by atoms with van der Waals surface area (Å²) in [4.78, 5) is 65.8. The quantitative estimate of drug-likeness (QED) is 0.318. The van der Waals surface area contributed by atoms with E-state index < -0.39 is 47.0 Å². The second-order valence-electron chi connectivity index (χ2n) is 14.3. The molecular weight excluding hydrogens is 604 g/mol. The molecule has 4 amide bonds. The normalized spacial score (nSPS) is 20.9. The monoisotopic (exact) mass is 656 g/mol. The molecule has 2 atom stereocenters. The molecule has 1 unspecified atom stereocenters. The first-order chi connectivity index (χ1) is 22.0. The minimum atomic E-state index is -1.08. The maximum Gasteiger partial charge on any atom is 0.408 e. The SMILES string of the molecule is COC(=O)C1CCC/C=C(/NC(=O)[C@H](Cc2ccc(OC(C)(C)C)cc2)NC(=O)OC(C)(C)C)C(=O)NCCC2(CCCC2)C(=O)N1. The van der Waals surface area contributed by atoms with Crippen molar-refractivity contribution in [1.82, 2.24) is 21.3 Å². The van der Waals surface area contributed by atoms with E-state index in [0.29, 0.717) is 44.3 Å². The van der Waals surface area contributed by atoms with E-state index in [1.54, 1.807) is 39.0 Å². The van der Waals surface area contributed by atoms with Gasteiger partial charge in [0.15, 0.2) is 0 Å². The summed E-state index contributed by atoms with van der Waals surface area (Å²) in [5, 5.41) is 11.1. The highest BCUT2D eigenvalue weighted by Gasteiger charge is 2.42. The number of carbonyl (C=O) groups excluding carboxylic acids is 5. The molecule has 1 aromatic rings.